The van der Waals surface area contributed by atoms with Crippen LogP contribution in [0.3, 0.4) is 0 Å². The Balaban J connectivity index is 1.64. The molecule has 0 bridgehead atoms. The number of aryl methyl sites for hydroxylation is 3. The van der Waals surface area contributed by atoms with Gasteiger partial charge in [0.2, 0.25) is 5.96 Å². The maximum absolute atomic E-state index is 12.8. The van der Waals surface area contributed by atoms with Crippen molar-refractivity contribution in [3.8, 4) is 0 Å². The van der Waals surface area contributed by atoms with Gasteiger partial charge >= 0.3 is 0 Å². The number of aromatic nitrogens is 3. The van der Waals surface area contributed by atoms with Crippen molar-refractivity contribution in [2.24, 2.45) is 31.9 Å². The maximum Gasteiger partial charge on any atom is 0.287 e. The van der Waals surface area contributed by atoms with Gasteiger partial charge in [-0.25, -0.2) is 10.5 Å². The Hall–Kier alpha value is -5.12. The van der Waals surface area contributed by atoms with E-state index in [1.165, 1.54) is 45.3 Å². The lowest BCUT2D eigenvalue weighted by Crippen LogP contribution is -2.31. The van der Waals surface area contributed by atoms with E-state index in [2.05, 4.69) is 20.9 Å². The Labute approximate surface area is 209 Å². The number of amides is 3. The summed E-state index contributed by atoms with van der Waals surface area (Å²) in [6, 6.07) is 4.10. The van der Waals surface area contributed by atoms with Crippen LogP contribution in [-0.4, -0.2) is 60.6 Å². The number of anilines is 2. The van der Waals surface area contributed by atoms with Gasteiger partial charge in [0.25, 0.3) is 23.4 Å². The van der Waals surface area contributed by atoms with Gasteiger partial charge in [0, 0.05) is 46.1 Å². The quantitative estimate of drug-likeness (QED) is 0.0757. The molecule has 0 radical (unpaired) electrons. The van der Waals surface area contributed by atoms with E-state index in [1.807, 2.05) is 0 Å². The number of carbonyl (C=O) groups excluding carboxylic acids is 3. The Morgan fingerprint density at radius 2 is 1.41 bits per heavy atom. The molecule has 0 saturated carbocycles. The normalized spacial score (nSPS) is 11.2. The fraction of sp³-hybridized carbons (Fsp3) is 0.238. The molecule has 0 aromatic carbocycles. The first-order valence-corrected chi connectivity index (χ1v) is 10.7. The third kappa shape index (κ3) is 6.31. The van der Waals surface area contributed by atoms with Crippen LogP contribution in [0.15, 0.2) is 41.8 Å². The molecule has 16 nitrogen and oxygen atoms in total. The van der Waals surface area contributed by atoms with Gasteiger partial charge in [0.05, 0.1) is 29.0 Å². The van der Waals surface area contributed by atoms with Gasteiger partial charge in [-0.2, -0.15) is 0 Å². The molecule has 0 fully saturated rings. The predicted molar refractivity (Wildman–Crippen MR) is 133 cm³/mol. The average molecular weight is 515 g/mol. The number of nitro groups is 1. The van der Waals surface area contributed by atoms with Crippen molar-refractivity contribution < 1.29 is 24.5 Å². The number of rotatable bonds is 9. The number of hydrogen-bond donors (Lipinski definition) is 6. The summed E-state index contributed by atoms with van der Waals surface area (Å²) in [7, 11) is 4.77. The Bertz CT molecular complexity index is 1380. The van der Waals surface area contributed by atoms with Crippen LogP contribution in [-0.2, 0) is 21.1 Å². The van der Waals surface area contributed by atoms with Gasteiger partial charge in [-0.3, -0.25) is 29.7 Å². The topological polar surface area (TPSA) is 216 Å². The summed E-state index contributed by atoms with van der Waals surface area (Å²) >= 11 is 0. The number of aliphatic imine (C=N–C) groups is 1. The van der Waals surface area contributed by atoms with Crippen molar-refractivity contribution in [1.82, 2.24) is 24.5 Å². The van der Waals surface area contributed by atoms with Crippen molar-refractivity contribution in [3.63, 3.8) is 0 Å². The zero-order chi connectivity index (χ0) is 27.3. The molecule has 0 unspecified atom stereocenters. The smallest absolute Gasteiger partial charge is 0.287 e. The van der Waals surface area contributed by atoms with Gasteiger partial charge in [0.15, 0.2) is 0 Å². The summed E-state index contributed by atoms with van der Waals surface area (Å²) in [5.41, 5.74) is 8.02. The minimum atomic E-state index is -0.595. The molecule has 7 N–H and O–H groups in total. The van der Waals surface area contributed by atoms with Gasteiger partial charge < -0.3 is 35.4 Å². The molecule has 0 aliphatic carbocycles. The molecule has 16 heteroatoms. The minimum Gasteiger partial charge on any atom is -0.368 e. The molecule has 0 aliphatic heterocycles. The lowest BCUT2D eigenvalue weighted by atomic mass is 10.3. The van der Waals surface area contributed by atoms with Gasteiger partial charge in [0.1, 0.15) is 17.1 Å². The molecule has 0 aliphatic rings. The van der Waals surface area contributed by atoms with E-state index in [0.29, 0.717) is 11.4 Å². The highest BCUT2D eigenvalue weighted by molar-refractivity contribution is 6.07. The van der Waals surface area contributed by atoms with Crippen LogP contribution >= 0.6 is 0 Å². The van der Waals surface area contributed by atoms with Crippen LogP contribution < -0.4 is 27.2 Å². The van der Waals surface area contributed by atoms with Crippen molar-refractivity contribution in [2.75, 3.05) is 23.7 Å². The van der Waals surface area contributed by atoms with Crippen LogP contribution in [0.25, 0.3) is 0 Å². The second-order valence-electron chi connectivity index (χ2n) is 7.94. The van der Waals surface area contributed by atoms with Crippen molar-refractivity contribution in [3.05, 3.63) is 64.0 Å². The number of carbonyl (C=O) groups is 3. The predicted octanol–water partition coefficient (Wildman–Crippen LogP) is 0.138. The SMILES string of the molecule is Cn1cc(NC(=O)c2cc(NC(=O)c3cc([N+](=O)[O-])cn3C)cn2C)cc1C(=O)NCCN=C(N)NO. The lowest BCUT2D eigenvalue weighted by Gasteiger charge is -2.04. The number of guanidine groups is 1. The first-order chi connectivity index (χ1) is 17.5. The number of hydroxylamine groups is 1. The largest absolute Gasteiger partial charge is 0.368 e. The summed E-state index contributed by atoms with van der Waals surface area (Å²) < 4.78 is 4.37. The third-order valence-corrected chi connectivity index (χ3v) is 5.22. The van der Waals surface area contributed by atoms with Crippen molar-refractivity contribution in [1.29, 1.82) is 0 Å². The molecule has 3 amide bonds. The van der Waals surface area contributed by atoms with Crippen LogP contribution in [0.4, 0.5) is 17.1 Å². The first kappa shape index (κ1) is 26.5. The molecule has 0 saturated heterocycles. The Morgan fingerprint density at radius 1 is 0.919 bits per heavy atom. The van der Waals surface area contributed by atoms with Gasteiger partial charge in [-0.05, 0) is 12.1 Å². The molecular weight excluding hydrogens is 488 g/mol. The van der Waals surface area contributed by atoms with E-state index in [0.717, 1.165) is 6.07 Å². The van der Waals surface area contributed by atoms with E-state index < -0.39 is 22.6 Å². The van der Waals surface area contributed by atoms with Crippen molar-refractivity contribution in [2.45, 2.75) is 0 Å². The summed E-state index contributed by atoms with van der Waals surface area (Å²) in [5.74, 6) is -1.65. The van der Waals surface area contributed by atoms with E-state index in [-0.39, 0.29) is 41.8 Å². The van der Waals surface area contributed by atoms with Gasteiger partial charge in [-0.1, -0.05) is 0 Å². The van der Waals surface area contributed by atoms with Crippen LogP contribution in [0.2, 0.25) is 0 Å². The molecule has 3 aromatic rings. The highest BCUT2D eigenvalue weighted by Gasteiger charge is 2.20. The second-order valence-corrected chi connectivity index (χ2v) is 7.94. The minimum absolute atomic E-state index is 0.0805. The van der Waals surface area contributed by atoms with Gasteiger partial charge in [-0.15, -0.1) is 0 Å². The summed E-state index contributed by atoms with van der Waals surface area (Å²) in [6.07, 6.45) is 4.31. The van der Waals surface area contributed by atoms with E-state index in [9.17, 15) is 24.5 Å². The molecule has 37 heavy (non-hydrogen) atoms. The molecule has 3 heterocycles. The standard InChI is InChI=1S/C21H26N10O6/c1-28-9-12(6-15(28)18(32)23-4-5-24-21(22)27-35)25-19(33)16-7-13(10-29(16)2)26-20(34)17-8-14(31(36)37)11-30(17)3/h6-11,35H,4-5H2,1-3H3,(H,23,32)(H,25,33)(H,26,34)(H3,22,24,27). The molecular formula is C21H26N10O6. The van der Waals surface area contributed by atoms with Crippen LogP contribution in [0.5, 0.6) is 0 Å². The zero-order valence-corrected chi connectivity index (χ0v) is 20.2. The van der Waals surface area contributed by atoms with Crippen LogP contribution in [0, 0.1) is 10.1 Å². The third-order valence-electron chi connectivity index (χ3n) is 5.22. The number of hydrogen-bond acceptors (Lipinski definition) is 7. The molecule has 0 atom stereocenters. The molecule has 196 valence electrons. The van der Waals surface area contributed by atoms with E-state index in [4.69, 9.17) is 10.9 Å². The number of nitrogens with zero attached hydrogens (tertiary/aromatic N) is 5. The number of nitrogens with two attached hydrogens (primary N) is 1. The number of nitrogens with one attached hydrogen (secondary N) is 4. The van der Waals surface area contributed by atoms with Crippen LogP contribution in [0.1, 0.15) is 31.5 Å². The second kappa shape index (κ2) is 11.1. The summed E-state index contributed by atoms with van der Waals surface area (Å²) in [5, 5.41) is 27.5. The van der Waals surface area contributed by atoms with E-state index >= 15 is 0 Å². The molecule has 3 rings (SSSR count). The Morgan fingerprint density at radius 3 is 1.89 bits per heavy atom. The summed E-state index contributed by atoms with van der Waals surface area (Å²) in [6.45, 7) is 0.314. The maximum atomic E-state index is 12.8. The zero-order valence-electron chi connectivity index (χ0n) is 20.2. The van der Waals surface area contributed by atoms with Crippen molar-refractivity contribution >= 4 is 40.7 Å². The first-order valence-electron chi connectivity index (χ1n) is 10.7. The summed E-state index contributed by atoms with van der Waals surface area (Å²) in [4.78, 5) is 51.9. The van der Waals surface area contributed by atoms with E-state index in [1.54, 1.807) is 25.8 Å². The lowest BCUT2D eigenvalue weighted by molar-refractivity contribution is -0.384. The average Bonchev–Trinajstić information content (AvgIpc) is 3.52. The fourth-order valence-corrected chi connectivity index (χ4v) is 3.45. The fourth-order valence-electron chi connectivity index (χ4n) is 3.45. The highest BCUT2D eigenvalue weighted by atomic mass is 16.6. The molecule has 0 spiro atoms. The Kier molecular flexibility index (Phi) is 7.93. The monoisotopic (exact) mass is 514 g/mol. The highest BCUT2D eigenvalue weighted by Crippen LogP contribution is 2.20. The molecule has 3 aromatic heterocycles.